The van der Waals surface area contributed by atoms with E-state index in [1.165, 1.54) is 45.3 Å². The number of aromatic nitrogens is 1. The lowest BCUT2D eigenvalue weighted by Crippen LogP contribution is -2.24. The third-order valence-corrected chi connectivity index (χ3v) is 6.02. The Kier molecular flexibility index (Phi) is 4.67. The van der Waals surface area contributed by atoms with Gasteiger partial charge in [-0.15, -0.1) is 0 Å². The second-order valence-corrected chi connectivity index (χ2v) is 8.03. The molecule has 1 heterocycles. The van der Waals surface area contributed by atoms with Gasteiger partial charge in [0.05, 0.1) is 0 Å². The molecule has 0 saturated heterocycles. The predicted octanol–water partition coefficient (Wildman–Crippen LogP) is 6.66. The van der Waals surface area contributed by atoms with Crippen molar-refractivity contribution >= 4 is 22.5 Å². The third kappa shape index (κ3) is 3.34. The van der Waals surface area contributed by atoms with Crippen LogP contribution in [0.1, 0.15) is 35.7 Å². The van der Waals surface area contributed by atoms with E-state index in [1.54, 1.807) is 0 Å². The molecule has 1 aliphatic carbocycles. The van der Waals surface area contributed by atoms with Crippen LogP contribution in [0, 0.1) is 0 Å². The van der Waals surface area contributed by atoms with E-state index in [0.717, 1.165) is 24.4 Å². The van der Waals surface area contributed by atoms with Gasteiger partial charge in [0.25, 0.3) is 0 Å². The molecule has 0 aliphatic heterocycles. The minimum atomic E-state index is 0.365. The SMILES string of the molecule is Clc1ccc2[nH]c3c(c2c1)CCCC3NCc1ccc(-c2ccccc2)cc1. The fraction of sp³-hybridized carbons (Fsp3) is 0.200. The van der Waals surface area contributed by atoms with Gasteiger partial charge in [-0.3, -0.25) is 0 Å². The summed E-state index contributed by atoms with van der Waals surface area (Å²) in [6, 6.07) is 25.9. The van der Waals surface area contributed by atoms with Gasteiger partial charge in [0.2, 0.25) is 0 Å². The van der Waals surface area contributed by atoms with Gasteiger partial charge >= 0.3 is 0 Å². The summed E-state index contributed by atoms with van der Waals surface area (Å²) in [5.74, 6) is 0. The Morgan fingerprint density at radius 1 is 0.929 bits per heavy atom. The van der Waals surface area contributed by atoms with Crippen molar-refractivity contribution in [2.45, 2.75) is 31.8 Å². The third-order valence-electron chi connectivity index (χ3n) is 5.78. The van der Waals surface area contributed by atoms with Crippen LogP contribution in [0.4, 0.5) is 0 Å². The molecule has 2 nitrogen and oxygen atoms in total. The van der Waals surface area contributed by atoms with Crippen LogP contribution in [-0.2, 0) is 13.0 Å². The van der Waals surface area contributed by atoms with E-state index >= 15 is 0 Å². The summed E-state index contributed by atoms with van der Waals surface area (Å²) in [4.78, 5) is 3.64. The van der Waals surface area contributed by atoms with Crippen LogP contribution >= 0.6 is 11.6 Å². The summed E-state index contributed by atoms with van der Waals surface area (Å²) < 4.78 is 0. The van der Waals surface area contributed by atoms with Gasteiger partial charge in [-0.2, -0.15) is 0 Å². The van der Waals surface area contributed by atoms with Crippen LogP contribution in [0.5, 0.6) is 0 Å². The fourth-order valence-electron chi connectivity index (χ4n) is 4.33. The van der Waals surface area contributed by atoms with E-state index in [9.17, 15) is 0 Å². The maximum absolute atomic E-state index is 6.22. The molecule has 4 aromatic rings. The summed E-state index contributed by atoms with van der Waals surface area (Å²) >= 11 is 6.22. The van der Waals surface area contributed by atoms with Crippen LogP contribution in [0.25, 0.3) is 22.0 Å². The van der Waals surface area contributed by atoms with Gasteiger partial charge in [-0.25, -0.2) is 0 Å². The molecule has 1 unspecified atom stereocenters. The first kappa shape index (κ1) is 17.5. The number of hydrogen-bond donors (Lipinski definition) is 2. The van der Waals surface area contributed by atoms with Crippen LogP contribution in [0.2, 0.25) is 5.02 Å². The highest BCUT2D eigenvalue weighted by atomic mass is 35.5. The molecule has 3 heteroatoms. The molecule has 1 aliphatic rings. The van der Waals surface area contributed by atoms with E-state index in [4.69, 9.17) is 11.6 Å². The van der Waals surface area contributed by atoms with Gasteiger partial charge in [0, 0.05) is 34.2 Å². The van der Waals surface area contributed by atoms with Crippen LogP contribution < -0.4 is 5.32 Å². The molecule has 0 radical (unpaired) electrons. The van der Waals surface area contributed by atoms with Crippen molar-refractivity contribution in [2.24, 2.45) is 0 Å². The number of fused-ring (bicyclic) bond motifs is 3. The van der Waals surface area contributed by atoms with Crippen LogP contribution in [-0.4, -0.2) is 4.98 Å². The number of benzene rings is 3. The zero-order valence-electron chi connectivity index (χ0n) is 15.7. The Morgan fingerprint density at radius 2 is 1.71 bits per heavy atom. The lowest BCUT2D eigenvalue weighted by atomic mass is 9.91. The molecule has 5 rings (SSSR count). The molecule has 3 aromatic carbocycles. The monoisotopic (exact) mass is 386 g/mol. The Bertz CT molecular complexity index is 1100. The van der Waals surface area contributed by atoms with E-state index in [0.29, 0.717) is 6.04 Å². The second-order valence-electron chi connectivity index (χ2n) is 7.60. The highest BCUT2D eigenvalue weighted by Gasteiger charge is 2.23. The van der Waals surface area contributed by atoms with E-state index in [1.807, 2.05) is 6.07 Å². The van der Waals surface area contributed by atoms with Crippen LogP contribution in [0.15, 0.2) is 72.8 Å². The highest BCUT2D eigenvalue weighted by molar-refractivity contribution is 6.31. The summed E-state index contributed by atoms with van der Waals surface area (Å²) in [6.07, 6.45) is 3.49. The molecular weight excluding hydrogens is 364 g/mol. The summed E-state index contributed by atoms with van der Waals surface area (Å²) in [5, 5.41) is 5.85. The van der Waals surface area contributed by atoms with Gasteiger partial charge in [-0.1, -0.05) is 66.2 Å². The van der Waals surface area contributed by atoms with Crippen molar-refractivity contribution in [3.63, 3.8) is 0 Å². The second kappa shape index (κ2) is 7.46. The van der Waals surface area contributed by atoms with Gasteiger partial charge < -0.3 is 10.3 Å². The molecule has 1 atom stereocenters. The summed E-state index contributed by atoms with van der Waals surface area (Å²) in [6.45, 7) is 0.870. The lowest BCUT2D eigenvalue weighted by Gasteiger charge is -2.24. The van der Waals surface area contributed by atoms with Crippen molar-refractivity contribution in [2.75, 3.05) is 0 Å². The van der Waals surface area contributed by atoms with Crippen LogP contribution in [0.3, 0.4) is 0 Å². The number of rotatable bonds is 4. The first-order valence-electron chi connectivity index (χ1n) is 9.96. The number of halogens is 1. The van der Waals surface area contributed by atoms with Crippen molar-refractivity contribution < 1.29 is 0 Å². The first-order valence-corrected chi connectivity index (χ1v) is 10.3. The Morgan fingerprint density at radius 3 is 2.54 bits per heavy atom. The maximum Gasteiger partial charge on any atom is 0.0478 e. The molecule has 0 amide bonds. The largest absolute Gasteiger partial charge is 0.357 e. The average Bonchev–Trinajstić information content (AvgIpc) is 3.12. The van der Waals surface area contributed by atoms with E-state index < -0.39 is 0 Å². The molecule has 28 heavy (non-hydrogen) atoms. The number of hydrogen-bond acceptors (Lipinski definition) is 1. The molecule has 2 N–H and O–H groups in total. The maximum atomic E-state index is 6.22. The quantitative estimate of drug-likeness (QED) is 0.403. The standard InChI is InChI=1S/C25H23ClN2/c26-20-13-14-23-22(15-20)21-7-4-8-24(25(21)28-23)27-16-17-9-11-19(12-10-17)18-5-2-1-3-6-18/h1-3,5-6,9-15,24,27-28H,4,7-8,16H2. The molecule has 0 bridgehead atoms. The number of aryl methyl sites for hydroxylation is 1. The zero-order valence-corrected chi connectivity index (χ0v) is 16.5. The summed E-state index contributed by atoms with van der Waals surface area (Å²) in [5.41, 5.74) is 7.79. The lowest BCUT2D eigenvalue weighted by molar-refractivity contribution is 0.452. The van der Waals surface area contributed by atoms with Crippen molar-refractivity contribution in [3.05, 3.63) is 94.6 Å². The number of aromatic amines is 1. The molecule has 0 fully saturated rings. The predicted molar refractivity (Wildman–Crippen MR) is 118 cm³/mol. The van der Waals surface area contributed by atoms with Crippen molar-refractivity contribution in [1.29, 1.82) is 0 Å². The van der Waals surface area contributed by atoms with Crippen molar-refractivity contribution in [3.8, 4) is 11.1 Å². The Labute approximate surface area is 170 Å². The smallest absolute Gasteiger partial charge is 0.0478 e. The minimum Gasteiger partial charge on any atom is -0.357 e. The first-order chi connectivity index (χ1) is 13.8. The Balaban J connectivity index is 1.33. The topological polar surface area (TPSA) is 27.8 Å². The van der Waals surface area contributed by atoms with Gasteiger partial charge in [0.1, 0.15) is 0 Å². The zero-order chi connectivity index (χ0) is 18.9. The molecule has 0 spiro atoms. The molecule has 0 saturated carbocycles. The Hall–Kier alpha value is -2.55. The highest BCUT2D eigenvalue weighted by Crippen LogP contribution is 2.36. The van der Waals surface area contributed by atoms with Gasteiger partial charge in [0.15, 0.2) is 0 Å². The normalized spacial score (nSPS) is 16.2. The number of H-pyrrole nitrogens is 1. The van der Waals surface area contributed by atoms with Gasteiger partial charge in [-0.05, 0) is 59.7 Å². The summed E-state index contributed by atoms with van der Waals surface area (Å²) in [7, 11) is 0. The van der Waals surface area contributed by atoms with E-state index in [2.05, 4.69) is 77.0 Å². The fourth-order valence-corrected chi connectivity index (χ4v) is 4.50. The van der Waals surface area contributed by atoms with Crippen molar-refractivity contribution in [1.82, 2.24) is 10.3 Å². The van der Waals surface area contributed by atoms with E-state index in [-0.39, 0.29) is 0 Å². The average molecular weight is 387 g/mol. The minimum absolute atomic E-state index is 0.365. The number of nitrogens with one attached hydrogen (secondary N) is 2. The molecular formula is C25H23ClN2. The molecule has 140 valence electrons. The molecule has 1 aromatic heterocycles.